The number of fused-ring (bicyclic) bond motifs is 5. The Morgan fingerprint density at radius 2 is 2.19 bits per heavy atom. The van der Waals surface area contributed by atoms with Gasteiger partial charge in [0.2, 0.25) is 5.91 Å². The second-order valence-corrected chi connectivity index (χ2v) is 8.14. The first-order valence-electron chi connectivity index (χ1n) is 9.65. The third-order valence-electron chi connectivity index (χ3n) is 7.14. The molecule has 2 saturated heterocycles. The SMILES string of the molecule is COC(=O)C1=COC(C)[C@H]2CN3CC[C@@]4(C(=O)Nc5ccccc54)[C@@H]3C[C@H]12. The molecule has 4 aliphatic heterocycles. The van der Waals surface area contributed by atoms with Crippen molar-refractivity contribution in [3.8, 4) is 0 Å². The van der Waals surface area contributed by atoms with Gasteiger partial charge in [-0.3, -0.25) is 9.69 Å². The summed E-state index contributed by atoms with van der Waals surface area (Å²) in [5, 5.41) is 3.09. The molecule has 0 saturated carbocycles. The van der Waals surface area contributed by atoms with Gasteiger partial charge in [-0.2, -0.15) is 0 Å². The second kappa shape index (κ2) is 5.83. The van der Waals surface area contributed by atoms with Crippen molar-refractivity contribution >= 4 is 17.6 Å². The minimum atomic E-state index is -0.523. The van der Waals surface area contributed by atoms with Gasteiger partial charge in [0.1, 0.15) is 0 Å². The van der Waals surface area contributed by atoms with Crippen molar-refractivity contribution in [3.05, 3.63) is 41.7 Å². The zero-order valence-corrected chi connectivity index (χ0v) is 15.6. The van der Waals surface area contributed by atoms with Crippen molar-refractivity contribution in [3.63, 3.8) is 0 Å². The van der Waals surface area contributed by atoms with Gasteiger partial charge in [-0.15, -0.1) is 0 Å². The molecule has 5 atom stereocenters. The number of esters is 1. The summed E-state index contributed by atoms with van der Waals surface area (Å²) in [6, 6.07) is 8.10. The van der Waals surface area contributed by atoms with Crippen LogP contribution in [0.15, 0.2) is 36.1 Å². The maximum Gasteiger partial charge on any atom is 0.337 e. The lowest BCUT2D eigenvalue weighted by atomic mass is 9.66. The van der Waals surface area contributed by atoms with E-state index in [0.717, 1.165) is 37.2 Å². The van der Waals surface area contributed by atoms with Crippen LogP contribution in [0.4, 0.5) is 5.69 Å². The number of nitrogens with one attached hydrogen (secondary N) is 1. The van der Waals surface area contributed by atoms with Gasteiger partial charge in [-0.1, -0.05) is 18.2 Å². The van der Waals surface area contributed by atoms with Crippen LogP contribution in [0.3, 0.4) is 0 Å². The number of hydrogen-bond acceptors (Lipinski definition) is 5. The Bertz CT molecular complexity index is 850. The number of anilines is 1. The largest absolute Gasteiger partial charge is 0.497 e. The fraction of sp³-hybridized carbons (Fsp3) is 0.524. The van der Waals surface area contributed by atoms with Crippen LogP contribution in [0.1, 0.15) is 25.3 Å². The van der Waals surface area contributed by atoms with Crippen molar-refractivity contribution < 1.29 is 19.1 Å². The summed E-state index contributed by atoms with van der Waals surface area (Å²) in [4.78, 5) is 27.9. The van der Waals surface area contributed by atoms with E-state index in [1.165, 1.54) is 7.11 Å². The van der Waals surface area contributed by atoms with E-state index in [9.17, 15) is 9.59 Å². The first kappa shape index (κ1) is 16.8. The lowest BCUT2D eigenvalue weighted by Gasteiger charge is -2.48. The van der Waals surface area contributed by atoms with Gasteiger partial charge in [0.05, 0.1) is 30.5 Å². The van der Waals surface area contributed by atoms with Crippen LogP contribution in [0.2, 0.25) is 0 Å². The molecule has 0 aromatic heterocycles. The first-order valence-corrected chi connectivity index (χ1v) is 9.65. The number of carbonyl (C=O) groups excluding carboxylic acids is 2. The number of para-hydroxylation sites is 1. The Kier molecular flexibility index (Phi) is 3.63. The highest BCUT2D eigenvalue weighted by Crippen LogP contribution is 2.53. The van der Waals surface area contributed by atoms with E-state index < -0.39 is 5.41 Å². The Balaban J connectivity index is 1.55. The van der Waals surface area contributed by atoms with Crippen LogP contribution in [-0.2, 0) is 24.5 Å². The van der Waals surface area contributed by atoms with E-state index in [1.54, 1.807) is 6.26 Å². The van der Waals surface area contributed by atoms with Crippen molar-refractivity contribution in [1.82, 2.24) is 4.90 Å². The van der Waals surface area contributed by atoms with Crippen molar-refractivity contribution in [1.29, 1.82) is 0 Å². The fourth-order valence-electron chi connectivity index (χ4n) is 5.77. The number of ether oxygens (including phenoxy) is 2. The average Bonchev–Trinajstić information content (AvgIpc) is 3.20. The van der Waals surface area contributed by atoms with Gasteiger partial charge in [-0.25, -0.2) is 4.79 Å². The highest BCUT2D eigenvalue weighted by Gasteiger charge is 2.61. The number of nitrogens with zero attached hydrogens (tertiary/aromatic N) is 1. The molecule has 0 radical (unpaired) electrons. The number of carbonyl (C=O) groups is 2. The maximum atomic E-state index is 13.1. The summed E-state index contributed by atoms with van der Waals surface area (Å²) in [6.07, 6.45) is 3.20. The topological polar surface area (TPSA) is 67.9 Å². The van der Waals surface area contributed by atoms with E-state index in [0.29, 0.717) is 5.57 Å². The van der Waals surface area contributed by atoms with Gasteiger partial charge in [0.25, 0.3) is 0 Å². The third-order valence-corrected chi connectivity index (χ3v) is 7.14. The molecule has 2 fully saturated rings. The second-order valence-electron chi connectivity index (χ2n) is 8.14. The van der Waals surface area contributed by atoms with Gasteiger partial charge in [0.15, 0.2) is 0 Å². The smallest absolute Gasteiger partial charge is 0.337 e. The van der Waals surface area contributed by atoms with Crippen molar-refractivity contribution in [2.45, 2.75) is 37.3 Å². The van der Waals surface area contributed by atoms with Crippen molar-refractivity contribution in [2.24, 2.45) is 11.8 Å². The molecular weight excluding hydrogens is 344 g/mol. The number of hydrogen-bond donors (Lipinski definition) is 1. The van der Waals surface area contributed by atoms with E-state index >= 15 is 0 Å². The summed E-state index contributed by atoms with van der Waals surface area (Å²) in [5.41, 5.74) is 2.11. The van der Waals surface area contributed by atoms with E-state index in [1.807, 2.05) is 18.2 Å². The molecule has 4 heterocycles. The summed E-state index contributed by atoms with van der Waals surface area (Å²) in [7, 11) is 1.41. The van der Waals surface area contributed by atoms with Crippen LogP contribution in [-0.4, -0.2) is 49.1 Å². The Labute approximate surface area is 158 Å². The molecule has 27 heavy (non-hydrogen) atoms. The quantitative estimate of drug-likeness (QED) is 0.769. The molecule has 0 bridgehead atoms. The lowest BCUT2D eigenvalue weighted by Crippen LogP contribution is -2.56. The van der Waals surface area contributed by atoms with Gasteiger partial charge in [0, 0.05) is 30.1 Å². The van der Waals surface area contributed by atoms with E-state index in [4.69, 9.17) is 9.47 Å². The zero-order chi connectivity index (χ0) is 18.8. The lowest BCUT2D eigenvalue weighted by molar-refractivity contribution is -0.139. The molecule has 6 heteroatoms. The van der Waals surface area contributed by atoms with Gasteiger partial charge in [-0.05, 0) is 37.9 Å². The molecule has 6 nitrogen and oxygen atoms in total. The zero-order valence-electron chi connectivity index (χ0n) is 15.6. The molecule has 1 spiro atoms. The van der Waals surface area contributed by atoms with Crippen molar-refractivity contribution in [2.75, 3.05) is 25.5 Å². The Morgan fingerprint density at radius 1 is 1.37 bits per heavy atom. The van der Waals surface area contributed by atoms with Crippen LogP contribution < -0.4 is 5.32 Å². The van der Waals surface area contributed by atoms with Crippen LogP contribution in [0.5, 0.6) is 0 Å². The number of methoxy groups -OCH3 is 1. The molecule has 1 N–H and O–H groups in total. The molecule has 5 rings (SSSR count). The fourth-order valence-corrected chi connectivity index (χ4v) is 5.77. The Hall–Kier alpha value is -2.34. The highest BCUT2D eigenvalue weighted by atomic mass is 16.5. The summed E-state index contributed by atoms with van der Waals surface area (Å²) < 4.78 is 10.8. The predicted octanol–water partition coefficient (Wildman–Crippen LogP) is 2.06. The molecule has 0 aliphatic carbocycles. The summed E-state index contributed by atoms with van der Waals surface area (Å²) >= 11 is 0. The predicted molar refractivity (Wildman–Crippen MR) is 99.0 cm³/mol. The van der Waals surface area contributed by atoms with Gasteiger partial charge >= 0.3 is 5.97 Å². The number of amides is 1. The minimum Gasteiger partial charge on any atom is -0.497 e. The number of benzene rings is 1. The van der Waals surface area contributed by atoms with E-state index in [2.05, 4.69) is 23.2 Å². The third kappa shape index (κ3) is 2.16. The van der Waals surface area contributed by atoms with Crippen LogP contribution >= 0.6 is 0 Å². The molecule has 142 valence electrons. The highest BCUT2D eigenvalue weighted by molar-refractivity contribution is 6.07. The van der Waals surface area contributed by atoms with Crippen LogP contribution in [0, 0.1) is 11.8 Å². The molecule has 1 unspecified atom stereocenters. The monoisotopic (exact) mass is 368 g/mol. The summed E-state index contributed by atoms with van der Waals surface area (Å²) in [5.74, 6) is 0.0558. The normalized spacial score (nSPS) is 37.0. The summed E-state index contributed by atoms with van der Waals surface area (Å²) in [6.45, 7) is 3.79. The van der Waals surface area contributed by atoms with E-state index in [-0.39, 0.29) is 35.9 Å². The molecule has 1 amide bonds. The standard InChI is InChI=1S/C21H24N2O4/c1-12-14-10-23-8-7-21(16-5-3-4-6-17(16)22-20(21)25)18(23)9-13(14)15(11-27-12)19(24)26-2/h3-6,11-14,18H,7-10H2,1-2H3,(H,22,25)/t12?,13-,14+,18-,21-/m0/s1. The molecular formula is C21H24N2O4. The number of piperidine rings is 1. The maximum absolute atomic E-state index is 13.1. The first-order chi connectivity index (χ1) is 13.1. The van der Waals surface area contributed by atoms with Gasteiger partial charge < -0.3 is 14.8 Å². The van der Waals surface area contributed by atoms with Crippen LogP contribution in [0.25, 0.3) is 0 Å². The minimum absolute atomic E-state index is 0.0468. The molecule has 1 aromatic carbocycles. The molecule has 4 aliphatic rings. The number of rotatable bonds is 1. The Morgan fingerprint density at radius 3 is 3.00 bits per heavy atom. The average molecular weight is 368 g/mol. The molecule has 1 aromatic rings.